The lowest BCUT2D eigenvalue weighted by atomic mass is 10.0. The zero-order valence-electron chi connectivity index (χ0n) is 7.95. The second-order valence-electron chi connectivity index (χ2n) is 2.96. The number of aromatic hydroxyl groups is 1. The van der Waals surface area contributed by atoms with Crippen molar-refractivity contribution in [1.82, 2.24) is 0 Å². The van der Waals surface area contributed by atoms with Gasteiger partial charge >= 0.3 is 5.97 Å². The topological polar surface area (TPSA) is 74.6 Å². The van der Waals surface area contributed by atoms with Crippen LogP contribution in [-0.4, -0.2) is 22.0 Å². The molecule has 0 amide bonds. The number of ketones is 1. The number of benzene rings is 1. The highest BCUT2D eigenvalue weighted by Gasteiger charge is 2.21. The van der Waals surface area contributed by atoms with Gasteiger partial charge in [-0.05, 0) is 24.1 Å². The van der Waals surface area contributed by atoms with Gasteiger partial charge in [0.15, 0.2) is 11.6 Å². The first-order valence-electron chi connectivity index (χ1n) is 4.26. The Morgan fingerprint density at radius 2 is 2.00 bits per heavy atom. The number of hydrogen-bond donors (Lipinski definition) is 2. The van der Waals surface area contributed by atoms with Gasteiger partial charge in [0.1, 0.15) is 0 Å². The Hall–Kier alpha value is -1.91. The maximum absolute atomic E-state index is 13.1. The molecule has 0 saturated heterocycles. The molecule has 0 aromatic heterocycles. The number of carbonyl (C=O) groups is 2. The molecule has 80 valence electrons. The first kappa shape index (κ1) is 11.2. The summed E-state index contributed by atoms with van der Waals surface area (Å²) in [6.45, 7) is 1.72. The first-order chi connectivity index (χ1) is 6.97. The fourth-order valence-electron chi connectivity index (χ4n) is 1.15. The first-order valence-corrected chi connectivity index (χ1v) is 4.26. The highest BCUT2D eigenvalue weighted by Crippen LogP contribution is 2.24. The van der Waals surface area contributed by atoms with E-state index < -0.39 is 28.9 Å². The van der Waals surface area contributed by atoms with Gasteiger partial charge in [0.05, 0.1) is 5.56 Å². The van der Waals surface area contributed by atoms with Gasteiger partial charge in [-0.1, -0.05) is 6.92 Å². The summed E-state index contributed by atoms with van der Waals surface area (Å²) in [4.78, 5) is 21.4. The van der Waals surface area contributed by atoms with Crippen LogP contribution in [0.2, 0.25) is 0 Å². The van der Waals surface area contributed by atoms with Gasteiger partial charge in [-0.2, -0.15) is 0 Å². The number of carboxylic acids is 1. The van der Waals surface area contributed by atoms with Crippen LogP contribution in [0.25, 0.3) is 0 Å². The van der Waals surface area contributed by atoms with E-state index in [9.17, 15) is 19.1 Å². The molecular formula is C10H9FO4. The van der Waals surface area contributed by atoms with Gasteiger partial charge in [-0.25, -0.2) is 9.18 Å². The molecule has 4 nitrogen and oxygen atoms in total. The Morgan fingerprint density at radius 3 is 2.47 bits per heavy atom. The number of phenols is 1. The summed E-state index contributed by atoms with van der Waals surface area (Å²) in [5.74, 6) is -4.95. The molecule has 0 atom stereocenters. The third kappa shape index (κ3) is 2.12. The van der Waals surface area contributed by atoms with Gasteiger partial charge in [0, 0.05) is 0 Å². The van der Waals surface area contributed by atoms with Crippen molar-refractivity contribution in [2.75, 3.05) is 0 Å². The highest BCUT2D eigenvalue weighted by molar-refractivity contribution is 6.40. The van der Waals surface area contributed by atoms with Crippen molar-refractivity contribution < 1.29 is 24.2 Å². The number of Topliss-reactive ketones (excluding diaryl/α,β-unsaturated/α-hetero) is 1. The summed E-state index contributed by atoms with van der Waals surface area (Å²) >= 11 is 0. The normalized spacial score (nSPS) is 10.0. The predicted molar refractivity (Wildman–Crippen MR) is 49.4 cm³/mol. The van der Waals surface area contributed by atoms with E-state index in [0.29, 0.717) is 12.0 Å². The van der Waals surface area contributed by atoms with E-state index in [4.69, 9.17) is 5.11 Å². The summed E-state index contributed by atoms with van der Waals surface area (Å²) in [7, 11) is 0. The number of phenolic OH excluding ortho intramolecular Hbond substituents is 1. The SMILES string of the molecule is CCc1cc(F)c(O)c(C(=O)C(=O)O)c1. The lowest BCUT2D eigenvalue weighted by Gasteiger charge is -2.04. The van der Waals surface area contributed by atoms with Gasteiger partial charge < -0.3 is 10.2 Å². The standard InChI is InChI=1S/C10H9FO4/c1-2-5-3-6(9(13)10(14)15)8(12)7(11)4-5/h3-4,12H,2H2,1H3,(H,14,15). The van der Waals surface area contributed by atoms with Gasteiger partial charge in [0.25, 0.3) is 5.78 Å². The Labute approximate surface area is 85.0 Å². The minimum atomic E-state index is -1.72. The van der Waals surface area contributed by atoms with E-state index in [-0.39, 0.29) is 0 Å². The van der Waals surface area contributed by atoms with E-state index in [1.807, 2.05) is 0 Å². The number of rotatable bonds is 3. The Morgan fingerprint density at radius 1 is 1.40 bits per heavy atom. The largest absolute Gasteiger partial charge is 0.504 e. The zero-order chi connectivity index (χ0) is 11.6. The maximum atomic E-state index is 13.1. The number of aliphatic carboxylic acids is 1. The van der Waals surface area contributed by atoms with Crippen LogP contribution in [-0.2, 0) is 11.2 Å². The van der Waals surface area contributed by atoms with E-state index >= 15 is 0 Å². The predicted octanol–water partition coefficient (Wildman–Crippen LogP) is 1.36. The zero-order valence-corrected chi connectivity index (χ0v) is 7.95. The van der Waals surface area contributed by atoms with Crippen LogP contribution in [0.5, 0.6) is 5.75 Å². The van der Waals surface area contributed by atoms with Crippen molar-refractivity contribution in [3.8, 4) is 5.75 Å². The van der Waals surface area contributed by atoms with Crippen LogP contribution < -0.4 is 0 Å². The molecule has 0 bridgehead atoms. The fourth-order valence-corrected chi connectivity index (χ4v) is 1.15. The van der Waals surface area contributed by atoms with Crippen LogP contribution in [0.15, 0.2) is 12.1 Å². The monoisotopic (exact) mass is 212 g/mol. The van der Waals surface area contributed by atoms with Gasteiger partial charge in [-0.15, -0.1) is 0 Å². The van der Waals surface area contributed by atoms with Crippen molar-refractivity contribution in [3.05, 3.63) is 29.1 Å². The summed E-state index contributed by atoms with van der Waals surface area (Å²) in [5, 5.41) is 17.6. The van der Waals surface area contributed by atoms with E-state index in [2.05, 4.69) is 0 Å². The quantitative estimate of drug-likeness (QED) is 0.586. The van der Waals surface area contributed by atoms with Crippen molar-refractivity contribution in [2.45, 2.75) is 13.3 Å². The summed E-state index contributed by atoms with van der Waals surface area (Å²) in [5.41, 5.74) is -0.0609. The van der Waals surface area contributed by atoms with Gasteiger partial charge in [-0.3, -0.25) is 4.79 Å². The molecule has 0 aliphatic heterocycles. The summed E-state index contributed by atoms with van der Waals surface area (Å²) in [6.07, 6.45) is 0.442. The third-order valence-electron chi connectivity index (χ3n) is 1.97. The molecule has 2 N–H and O–H groups in total. The minimum Gasteiger partial charge on any atom is -0.504 e. The smallest absolute Gasteiger partial charge is 0.377 e. The lowest BCUT2D eigenvalue weighted by molar-refractivity contribution is -0.131. The molecule has 0 aliphatic carbocycles. The molecule has 15 heavy (non-hydrogen) atoms. The highest BCUT2D eigenvalue weighted by atomic mass is 19.1. The second kappa shape index (κ2) is 4.08. The fraction of sp³-hybridized carbons (Fsp3) is 0.200. The number of carbonyl (C=O) groups excluding carboxylic acids is 1. The molecule has 0 heterocycles. The molecule has 0 saturated carbocycles. The minimum absolute atomic E-state index is 0.442. The number of carboxylic acid groups (broad SMARTS) is 1. The summed E-state index contributed by atoms with van der Waals surface area (Å²) < 4.78 is 13.1. The lowest BCUT2D eigenvalue weighted by Crippen LogP contribution is -2.13. The maximum Gasteiger partial charge on any atom is 0.377 e. The van der Waals surface area contributed by atoms with Gasteiger partial charge in [0.2, 0.25) is 0 Å². The molecule has 1 aromatic carbocycles. The Bertz CT molecular complexity index is 426. The van der Waals surface area contributed by atoms with Crippen molar-refractivity contribution >= 4 is 11.8 Å². The molecule has 0 aliphatic rings. The van der Waals surface area contributed by atoms with Crippen LogP contribution >= 0.6 is 0 Å². The number of aryl methyl sites for hydroxylation is 1. The van der Waals surface area contributed by atoms with Crippen molar-refractivity contribution in [3.63, 3.8) is 0 Å². The van der Waals surface area contributed by atoms with E-state index in [0.717, 1.165) is 6.07 Å². The average molecular weight is 212 g/mol. The molecule has 0 radical (unpaired) electrons. The molecule has 0 unspecified atom stereocenters. The van der Waals surface area contributed by atoms with E-state index in [1.54, 1.807) is 6.92 Å². The van der Waals surface area contributed by atoms with Crippen LogP contribution in [0, 0.1) is 5.82 Å². The van der Waals surface area contributed by atoms with Crippen LogP contribution in [0.4, 0.5) is 4.39 Å². The van der Waals surface area contributed by atoms with Crippen LogP contribution in [0.3, 0.4) is 0 Å². The molecular weight excluding hydrogens is 203 g/mol. The van der Waals surface area contributed by atoms with Crippen molar-refractivity contribution in [1.29, 1.82) is 0 Å². The number of hydrogen-bond acceptors (Lipinski definition) is 3. The Balaban J connectivity index is 3.34. The average Bonchev–Trinajstić information content (AvgIpc) is 2.20. The molecule has 1 rings (SSSR count). The molecule has 0 fully saturated rings. The van der Waals surface area contributed by atoms with Crippen LogP contribution in [0.1, 0.15) is 22.8 Å². The summed E-state index contributed by atoms with van der Waals surface area (Å²) in [6, 6.07) is 2.24. The molecule has 0 spiro atoms. The third-order valence-corrected chi connectivity index (χ3v) is 1.97. The second-order valence-corrected chi connectivity index (χ2v) is 2.96. The van der Waals surface area contributed by atoms with Crippen molar-refractivity contribution in [2.24, 2.45) is 0 Å². The number of halogens is 1. The Kier molecular flexibility index (Phi) is 3.04. The molecule has 1 aromatic rings. The van der Waals surface area contributed by atoms with E-state index in [1.165, 1.54) is 6.07 Å². The molecule has 5 heteroatoms.